The topological polar surface area (TPSA) is 9.23 Å². The standard InChI is InChI=1S/C15H9F2O/c1-2-7-18-15-6-4-3-5-14(15)11-8-12(16)10-13(17)9-11/h1,3-5,8-10H,7H2. The van der Waals surface area contributed by atoms with Crippen molar-refractivity contribution in [3.05, 3.63) is 54.1 Å². The molecule has 0 amide bonds. The highest BCUT2D eigenvalue weighted by Gasteiger charge is 2.08. The summed E-state index contributed by atoms with van der Waals surface area (Å²) in [5.41, 5.74) is 0.933. The van der Waals surface area contributed by atoms with Crippen LogP contribution in [0.1, 0.15) is 0 Å². The van der Waals surface area contributed by atoms with Crippen LogP contribution in [-0.4, -0.2) is 6.61 Å². The van der Waals surface area contributed by atoms with E-state index in [1.54, 1.807) is 18.2 Å². The largest absolute Gasteiger partial charge is 0.480 e. The molecule has 2 aromatic carbocycles. The van der Waals surface area contributed by atoms with E-state index in [0.29, 0.717) is 16.9 Å². The fourth-order valence-corrected chi connectivity index (χ4v) is 1.59. The summed E-state index contributed by atoms with van der Waals surface area (Å²) < 4.78 is 31.6. The van der Waals surface area contributed by atoms with Crippen LogP contribution in [0.4, 0.5) is 8.78 Å². The van der Waals surface area contributed by atoms with Crippen LogP contribution in [0.15, 0.2) is 36.4 Å². The summed E-state index contributed by atoms with van der Waals surface area (Å²) >= 11 is 0. The number of ether oxygens (including phenoxy) is 1. The Labute approximate surface area is 104 Å². The van der Waals surface area contributed by atoms with E-state index in [1.165, 1.54) is 12.1 Å². The van der Waals surface area contributed by atoms with Crippen molar-refractivity contribution in [2.45, 2.75) is 0 Å². The van der Waals surface area contributed by atoms with Crippen molar-refractivity contribution in [2.24, 2.45) is 0 Å². The van der Waals surface area contributed by atoms with Crippen molar-refractivity contribution in [1.29, 1.82) is 0 Å². The molecule has 2 rings (SSSR count). The molecule has 0 fully saturated rings. The summed E-state index contributed by atoms with van der Waals surface area (Å²) in [6.07, 6.45) is 5.10. The van der Waals surface area contributed by atoms with E-state index >= 15 is 0 Å². The molecule has 0 unspecified atom stereocenters. The van der Waals surface area contributed by atoms with Crippen molar-refractivity contribution in [2.75, 3.05) is 6.61 Å². The Bertz CT molecular complexity index is 579. The molecule has 0 aliphatic carbocycles. The molecule has 3 heteroatoms. The molecule has 0 atom stereocenters. The Morgan fingerprint density at radius 1 is 1.22 bits per heavy atom. The number of hydrogen-bond acceptors (Lipinski definition) is 1. The number of terminal acetylenes is 1. The first-order valence-corrected chi connectivity index (χ1v) is 5.24. The maximum Gasteiger partial charge on any atom is 0.148 e. The predicted molar refractivity (Wildman–Crippen MR) is 65.0 cm³/mol. The molecule has 2 aromatic rings. The first-order chi connectivity index (χ1) is 8.70. The average Bonchev–Trinajstić information content (AvgIpc) is 2.35. The number of hydrogen-bond donors (Lipinski definition) is 0. The van der Waals surface area contributed by atoms with Crippen molar-refractivity contribution >= 4 is 0 Å². The van der Waals surface area contributed by atoms with Gasteiger partial charge >= 0.3 is 0 Å². The molecule has 0 heterocycles. The number of benzene rings is 2. The van der Waals surface area contributed by atoms with Crippen LogP contribution in [0.5, 0.6) is 5.75 Å². The Hall–Kier alpha value is -2.34. The Morgan fingerprint density at radius 3 is 2.61 bits per heavy atom. The van der Waals surface area contributed by atoms with Crippen LogP contribution >= 0.6 is 0 Å². The lowest BCUT2D eigenvalue weighted by Crippen LogP contribution is -1.96. The monoisotopic (exact) mass is 243 g/mol. The van der Waals surface area contributed by atoms with Crippen molar-refractivity contribution in [3.8, 4) is 29.2 Å². The molecule has 0 aliphatic heterocycles. The summed E-state index contributed by atoms with van der Waals surface area (Å²) in [6.45, 7) is 0.0747. The molecule has 0 aromatic heterocycles. The highest BCUT2D eigenvalue weighted by Crippen LogP contribution is 2.30. The summed E-state index contributed by atoms with van der Waals surface area (Å²) in [5, 5.41) is 0. The zero-order chi connectivity index (χ0) is 13.0. The average molecular weight is 243 g/mol. The number of rotatable bonds is 3. The Balaban J connectivity index is 2.46. The molecule has 0 N–H and O–H groups in total. The van der Waals surface area contributed by atoms with Gasteiger partial charge in [0.05, 0.1) is 0 Å². The van der Waals surface area contributed by atoms with Crippen molar-refractivity contribution < 1.29 is 13.5 Å². The second-order valence-corrected chi connectivity index (χ2v) is 3.56. The van der Waals surface area contributed by atoms with E-state index in [9.17, 15) is 8.78 Å². The first-order valence-electron chi connectivity index (χ1n) is 5.24. The zero-order valence-electron chi connectivity index (χ0n) is 9.41. The zero-order valence-corrected chi connectivity index (χ0v) is 9.41. The van der Waals surface area contributed by atoms with Crippen LogP contribution in [0, 0.1) is 30.0 Å². The highest BCUT2D eigenvalue weighted by molar-refractivity contribution is 5.70. The fourth-order valence-electron chi connectivity index (χ4n) is 1.59. The normalized spacial score (nSPS) is 9.83. The van der Waals surface area contributed by atoms with E-state index in [0.717, 1.165) is 6.07 Å². The van der Waals surface area contributed by atoms with E-state index in [-0.39, 0.29) is 6.61 Å². The van der Waals surface area contributed by atoms with Gasteiger partial charge in [0.2, 0.25) is 0 Å². The van der Waals surface area contributed by atoms with Crippen LogP contribution in [-0.2, 0) is 0 Å². The lowest BCUT2D eigenvalue weighted by molar-refractivity contribution is 0.371. The Morgan fingerprint density at radius 2 is 1.94 bits per heavy atom. The predicted octanol–water partition coefficient (Wildman–Crippen LogP) is 3.44. The third kappa shape index (κ3) is 2.67. The molecule has 1 nitrogen and oxygen atoms in total. The highest BCUT2D eigenvalue weighted by atomic mass is 19.1. The smallest absolute Gasteiger partial charge is 0.148 e. The van der Waals surface area contributed by atoms with Gasteiger partial charge in [0.1, 0.15) is 24.0 Å². The first kappa shape index (κ1) is 12.1. The van der Waals surface area contributed by atoms with Crippen molar-refractivity contribution in [1.82, 2.24) is 0 Å². The minimum Gasteiger partial charge on any atom is -0.480 e. The summed E-state index contributed by atoms with van der Waals surface area (Å²) in [4.78, 5) is 0. The van der Waals surface area contributed by atoms with Gasteiger partial charge in [-0.2, -0.15) is 0 Å². The molecule has 1 radical (unpaired) electrons. The van der Waals surface area contributed by atoms with Crippen LogP contribution in [0.2, 0.25) is 0 Å². The summed E-state index contributed by atoms with van der Waals surface area (Å²) in [6, 6.07) is 11.2. The molecule has 0 saturated carbocycles. The minimum absolute atomic E-state index is 0.0747. The van der Waals surface area contributed by atoms with E-state index in [2.05, 4.69) is 12.0 Å². The summed E-state index contributed by atoms with van der Waals surface area (Å²) in [7, 11) is 0. The van der Waals surface area contributed by atoms with E-state index < -0.39 is 11.6 Å². The molecule has 0 saturated heterocycles. The lowest BCUT2D eigenvalue weighted by Gasteiger charge is -2.09. The van der Waals surface area contributed by atoms with Crippen LogP contribution in [0.3, 0.4) is 0 Å². The van der Waals surface area contributed by atoms with Gasteiger partial charge in [0.15, 0.2) is 0 Å². The quantitative estimate of drug-likeness (QED) is 0.750. The van der Waals surface area contributed by atoms with Gasteiger partial charge in [-0.05, 0) is 17.7 Å². The minimum atomic E-state index is -0.642. The van der Waals surface area contributed by atoms with Gasteiger partial charge in [0.25, 0.3) is 0 Å². The molecular weight excluding hydrogens is 234 g/mol. The molecular formula is C15H9F2O. The van der Waals surface area contributed by atoms with Crippen LogP contribution < -0.4 is 4.74 Å². The number of halogens is 2. The molecule has 89 valence electrons. The third-order valence-corrected chi connectivity index (χ3v) is 2.29. The Kier molecular flexibility index (Phi) is 3.59. The number of para-hydroxylation sites is 1. The lowest BCUT2D eigenvalue weighted by atomic mass is 10.0. The maximum absolute atomic E-state index is 13.2. The van der Waals surface area contributed by atoms with Gasteiger partial charge in [-0.25, -0.2) is 8.78 Å². The summed E-state index contributed by atoms with van der Waals surface area (Å²) in [5.74, 6) is 1.42. The second-order valence-electron chi connectivity index (χ2n) is 3.56. The molecule has 0 bridgehead atoms. The van der Waals surface area contributed by atoms with Gasteiger partial charge in [-0.1, -0.05) is 24.1 Å². The van der Waals surface area contributed by atoms with Crippen LogP contribution in [0.25, 0.3) is 11.1 Å². The fraction of sp³-hybridized carbons (Fsp3) is 0.0667. The van der Waals surface area contributed by atoms with Gasteiger partial charge in [0, 0.05) is 17.7 Å². The van der Waals surface area contributed by atoms with Gasteiger partial charge in [-0.3, -0.25) is 0 Å². The molecule has 18 heavy (non-hydrogen) atoms. The molecule has 0 aliphatic rings. The maximum atomic E-state index is 13.2. The third-order valence-electron chi connectivity index (χ3n) is 2.29. The van der Waals surface area contributed by atoms with E-state index in [4.69, 9.17) is 11.2 Å². The second kappa shape index (κ2) is 5.33. The van der Waals surface area contributed by atoms with Gasteiger partial charge in [-0.15, -0.1) is 6.42 Å². The van der Waals surface area contributed by atoms with E-state index in [1.807, 2.05) is 0 Å². The molecule has 0 spiro atoms. The van der Waals surface area contributed by atoms with Gasteiger partial charge < -0.3 is 4.74 Å². The SMILES string of the molecule is C#CCOc1[c]cccc1-c1cc(F)cc(F)c1. The van der Waals surface area contributed by atoms with Crippen molar-refractivity contribution in [3.63, 3.8) is 0 Å².